The summed E-state index contributed by atoms with van der Waals surface area (Å²) >= 11 is 1.38. The topological polar surface area (TPSA) is 49.4 Å². The first-order valence-electron chi connectivity index (χ1n) is 10.2. The number of amides is 2. The van der Waals surface area contributed by atoms with Crippen molar-refractivity contribution in [3.8, 4) is 0 Å². The van der Waals surface area contributed by atoms with E-state index in [1.165, 1.54) is 17.8 Å². The highest BCUT2D eigenvalue weighted by molar-refractivity contribution is 7.99. The van der Waals surface area contributed by atoms with Crippen molar-refractivity contribution in [3.05, 3.63) is 65.5 Å². The molecule has 2 aromatic rings. The molecule has 2 aliphatic rings. The molecule has 152 valence electrons. The number of carbonyl (C=O) groups excluding carboxylic acids is 2. The maximum Gasteiger partial charge on any atom is 0.251 e. The van der Waals surface area contributed by atoms with E-state index in [-0.39, 0.29) is 17.6 Å². The standard InChI is InChI=1S/C23H25FN2O2S/c24-20-3-1-2-4-21(20)29-14-13-22(27)26(19-11-12-19)15-16-5-7-17(8-6-16)23(28)25-18-9-10-18/h1-8,18-19H,9-15H2,(H,25,28). The van der Waals surface area contributed by atoms with Crippen LogP contribution >= 0.6 is 11.8 Å². The molecule has 4 rings (SSSR count). The number of rotatable bonds is 9. The van der Waals surface area contributed by atoms with E-state index in [0.29, 0.717) is 41.3 Å². The molecule has 0 unspecified atom stereocenters. The average molecular weight is 413 g/mol. The summed E-state index contributed by atoms with van der Waals surface area (Å²) in [6.07, 6.45) is 4.59. The van der Waals surface area contributed by atoms with Crippen LogP contribution in [0.25, 0.3) is 0 Å². The fraction of sp³-hybridized carbons (Fsp3) is 0.391. The van der Waals surface area contributed by atoms with Gasteiger partial charge in [0.25, 0.3) is 5.91 Å². The number of thioether (sulfide) groups is 1. The minimum atomic E-state index is -0.241. The molecule has 0 bridgehead atoms. The third-order valence-electron chi connectivity index (χ3n) is 5.20. The third kappa shape index (κ3) is 5.60. The van der Waals surface area contributed by atoms with Crippen molar-refractivity contribution in [1.82, 2.24) is 10.2 Å². The molecule has 0 spiro atoms. The van der Waals surface area contributed by atoms with Gasteiger partial charge in [0.2, 0.25) is 5.91 Å². The Hall–Kier alpha value is -2.34. The van der Waals surface area contributed by atoms with Gasteiger partial charge in [-0.2, -0.15) is 0 Å². The summed E-state index contributed by atoms with van der Waals surface area (Å²) in [5.74, 6) is 0.393. The van der Waals surface area contributed by atoms with E-state index in [0.717, 1.165) is 31.2 Å². The highest BCUT2D eigenvalue weighted by Crippen LogP contribution is 2.30. The van der Waals surface area contributed by atoms with Crippen LogP contribution < -0.4 is 5.32 Å². The highest BCUT2D eigenvalue weighted by Gasteiger charge is 2.32. The lowest BCUT2D eigenvalue weighted by Crippen LogP contribution is -2.32. The molecule has 0 aromatic heterocycles. The van der Waals surface area contributed by atoms with Gasteiger partial charge in [-0.05, 0) is 55.5 Å². The Bertz CT molecular complexity index is 879. The Balaban J connectivity index is 1.31. The van der Waals surface area contributed by atoms with Crippen molar-refractivity contribution in [2.75, 3.05) is 5.75 Å². The van der Waals surface area contributed by atoms with Crippen LogP contribution in [0, 0.1) is 5.82 Å². The number of nitrogens with zero attached hydrogens (tertiary/aromatic N) is 1. The third-order valence-corrected chi connectivity index (χ3v) is 6.25. The van der Waals surface area contributed by atoms with E-state index in [4.69, 9.17) is 0 Å². The zero-order valence-electron chi connectivity index (χ0n) is 16.3. The number of hydrogen-bond donors (Lipinski definition) is 1. The van der Waals surface area contributed by atoms with Gasteiger partial charge in [-0.15, -0.1) is 11.8 Å². The Morgan fingerprint density at radius 1 is 1.03 bits per heavy atom. The number of benzene rings is 2. The molecule has 0 atom stereocenters. The second-order valence-electron chi connectivity index (χ2n) is 7.73. The van der Waals surface area contributed by atoms with E-state index in [2.05, 4.69) is 5.32 Å². The second-order valence-corrected chi connectivity index (χ2v) is 8.86. The van der Waals surface area contributed by atoms with Crippen molar-refractivity contribution in [2.24, 2.45) is 0 Å². The van der Waals surface area contributed by atoms with Gasteiger partial charge in [0.15, 0.2) is 0 Å². The maximum absolute atomic E-state index is 13.7. The molecule has 2 saturated carbocycles. The van der Waals surface area contributed by atoms with E-state index >= 15 is 0 Å². The number of halogens is 1. The van der Waals surface area contributed by atoms with Gasteiger partial charge < -0.3 is 10.2 Å². The molecular formula is C23H25FN2O2S. The Morgan fingerprint density at radius 3 is 2.41 bits per heavy atom. The molecule has 2 aliphatic carbocycles. The van der Waals surface area contributed by atoms with Crippen LogP contribution in [0.2, 0.25) is 0 Å². The van der Waals surface area contributed by atoms with Crippen molar-refractivity contribution >= 4 is 23.6 Å². The summed E-state index contributed by atoms with van der Waals surface area (Å²) < 4.78 is 13.7. The smallest absolute Gasteiger partial charge is 0.251 e. The molecule has 2 amide bonds. The predicted octanol–water partition coefficient (Wildman–Crippen LogP) is 4.39. The molecule has 1 N–H and O–H groups in total. The Labute approximate surface area is 174 Å². The van der Waals surface area contributed by atoms with Gasteiger partial charge in [-0.25, -0.2) is 4.39 Å². The van der Waals surface area contributed by atoms with Crippen LogP contribution in [0.1, 0.15) is 48.0 Å². The Kier molecular flexibility index (Phi) is 6.19. The van der Waals surface area contributed by atoms with E-state index in [1.54, 1.807) is 18.2 Å². The van der Waals surface area contributed by atoms with E-state index in [1.807, 2.05) is 29.2 Å². The zero-order valence-corrected chi connectivity index (χ0v) is 17.1. The van der Waals surface area contributed by atoms with Crippen molar-refractivity contribution < 1.29 is 14.0 Å². The molecule has 6 heteroatoms. The monoisotopic (exact) mass is 412 g/mol. The van der Waals surface area contributed by atoms with Gasteiger partial charge in [0.05, 0.1) is 0 Å². The number of nitrogens with one attached hydrogen (secondary N) is 1. The largest absolute Gasteiger partial charge is 0.349 e. The minimum absolute atomic E-state index is 0.0284. The normalized spacial score (nSPS) is 15.8. The van der Waals surface area contributed by atoms with Crippen molar-refractivity contribution in [2.45, 2.75) is 55.6 Å². The van der Waals surface area contributed by atoms with Crippen molar-refractivity contribution in [3.63, 3.8) is 0 Å². The van der Waals surface area contributed by atoms with Crippen LogP contribution in [0.15, 0.2) is 53.4 Å². The summed E-state index contributed by atoms with van der Waals surface area (Å²) in [6, 6.07) is 14.8. The molecule has 0 aliphatic heterocycles. The predicted molar refractivity (Wildman–Crippen MR) is 112 cm³/mol. The molecule has 2 aromatic carbocycles. The number of carbonyl (C=O) groups is 2. The lowest BCUT2D eigenvalue weighted by molar-refractivity contribution is -0.131. The molecule has 0 saturated heterocycles. The van der Waals surface area contributed by atoms with Gasteiger partial charge in [-0.3, -0.25) is 9.59 Å². The summed E-state index contributed by atoms with van der Waals surface area (Å²) in [4.78, 5) is 27.4. The van der Waals surface area contributed by atoms with Gasteiger partial charge in [0.1, 0.15) is 5.82 Å². The van der Waals surface area contributed by atoms with E-state index in [9.17, 15) is 14.0 Å². The lowest BCUT2D eigenvalue weighted by atomic mass is 10.1. The maximum atomic E-state index is 13.7. The quantitative estimate of drug-likeness (QED) is 0.622. The fourth-order valence-corrected chi connectivity index (χ4v) is 4.09. The van der Waals surface area contributed by atoms with Crippen LogP contribution in [0.3, 0.4) is 0 Å². The van der Waals surface area contributed by atoms with Crippen LogP contribution in [-0.2, 0) is 11.3 Å². The average Bonchev–Trinajstić information content (AvgIpc) is 3.63. The summed E-state index contributed by atoms with van der Waals surface area (Å²) in [7, 11) is 0. The van der Waals surface area contributed by atoms with Crippen molar-refractivity contribution in [1.29, 1.82) is 0 Å². The first-order chi connectivity index (χ1) is 14.1. The highest BCUT2D eigenvalue weighted by atomic mass is 32.2. The second kappa shape index (κ2) is 8.99. The lowest BCUT2D eigenvalue weighted by Gasteiger charge is -2.23. The van der Waals surface area contributed by atoms with Crippen LogP contribution in [0.5, 0.6) is 0 Å². The fourth-order valence-electron chi connectivity index (χ4n) is 3.22. The Morgan fingerprint density at radius 2 is 1.76 bits per heavy atom. The van der Waals surface area contributed by atoms with Gasteiger partial charge >= 0.3 is 0 Å². The van der Waals surface area contributed by atoms with Crippen LogP contribution in [-0.4, -0.2) is 34.6 Å². The first kappa shape index (κ1) is 20.0. The molecule has 29 heavy (non-hydrogen) atoms. The number of hydrogen-bond acceptors (Lipinski definition) is 3. The van der Waals surface area contributed by atoms with Gasteiger partial charge in [-0.1, -0.05) is 24.3 Å². The molecule has 2 fully saturated rings. The van der Waals surface area contributed by atoms with Crippen LogP contribution in [0.4, 0.5) is 4.39 Å². The first-order valence-corrected chi connectivity index (χ1v) is 11.2. The molecule has 0 heterocycles. The zero-order chi connectivity index (χ0) is 20.2. The summed E-state index contributed by atoms with van der Waals surface area (Å²) in [5, 5.41) is 2.98. The molecule has 0 radical (unpaired) electrons. The summed E-state index contributed by atoms with van der Waals surface area (Å²) in [5.41, 5.74) is 1.68. The minimum Gasteiger partial charge on any atom is -0.349 e. The molecule has 4 nitrogen and oxygen atoms in total. The molecular weight excluding hydrogens is 387 g/mol. The van der Waals surface area contributed by atoms with Gasteiger partial charge in [0, 0.05) is 41.3 Å². The SMILES string of the molecule is O=C(NC1CC1)c1ccc(CN(C(=O)CCSc2ccccc2F)C2CC2)cc1. The summed E-state index contributed by atoms with van der Waals surface area (Å²) in [6.45, 7) is 0.554. The van der Waals surface area contributed by atoms with E-state index < -0.39 is 0 Å².